The van der Waals surface area contributed by atoms with Gasteiger partial charge in [-0.2, -0.15) is 0 Å². The number of benzene rings is 2. The van der Waals surface area contributed by atoms with E-state index in [1.165, 1.54) is 12.1 Å². The first-order valence-electron chi connectivity index (χ1n) is 9.53. The molecule has 0 radical (unpaired) electrons. The van der Waals surface area contributed by atoms with Gasteiger partial charge in [0.25, 0.3) is 0 Å². The van der Waals surface area contributed by atoms with E-state index in [0.29, 0.717) is 31.7 Å². The zero-order chi connectivity index (χ0) is 19.9. The summed E-state index contributed by atoms with van der Waals surface area (Å²) < 4.78 is 13.0. The Bertz CT molecular complexity index is 790. The number of likely N-dealkylation sites (tertiary alicyclic amines) is 1. The second kappa shape index (κ2) is 9.73. The van der Waals surface area contributed by atoms with Crippen molar-refractivity contribution in [1.29, 1.82) is 0 Å². The summed E-state index contributed by atoms with van der Waals surface area (Å²) in [6, 6.07) is 15.8. The molecule has 2 aromatic carbocycles. The fourth-order valence-corrected chi connectivity index (χ4v) is 4.20. The Kier molecular flexibility index (Phi) is 7.09. The number of rotatable bonds is 6. The fraction of sp³-hybridized carbons (Fsp3) is 0.364. The van der Waals surface area contributed by atoms with Crippen molar-refractivity contribution in [3.63, 3.8) is 0 Å². The predicted octanol–water partition coefficient (Wildman–Crippen LogP) is 4.50. The normalized spacial score (nSPS) is 15.9. The zero-order valence-electron chi connectivity index (χ0n) is 15.9. The summed E-state index contributed by atoms with van der Waals surface area (Å²) in [5.41, 5.74) is 1.81. The summed E-state index contributed by atoms with van der Waals surface area (Å²) in [6.07, 6.45) is 1.37. The Hall–Kier alpha value is -2.34. The van der Waals surface area contributed by atoms with Gasteiger partial charge in [0, 0.05) is 29.9 Å². The van der Waals surface area contributed by atoms with E-state index < -0.39 is 0 Å². The standard InChI is InChI=1S/C22H25FN2O2S/c1-16(17-7-9-19(23)10-8-17)28-15-21(26)25-13-11-18(12-14-25)22(27)24-20-5-3-2-4-6-20/h2-10,16,18H,11-15H2,1H3,(H,24,27). The first-order valence-corrected chi connectivity index (χ1v) is 10.6. The molecule has 6 heteroatoms. The van der Waals surface area contributed by atoms with Crippen molar-refractivity contribution in [1.82, 2.24) is 4.90 Å². The van der Waals surface area contributed by atoms with Crippen molar-refractivity contribution in [3.05, 3.63) is 66.0 Å². The van der Waals surface area contributed by atoms with Gasteiger partial charge >= 0.3 is 0 Å². The Morgan fingerprint density at radius 3 is 2.39 bits per heavy atom. The third-order valence-corrected chi connectivity index (χ3v) is 6.24. The summed E-state index contributed by atoms with van der Waals surface area (Å²) in [5, 5.41) is 3.07. The van der Waals surface area contributed by atoms with Gasteiger partial charge in [-0.15, -0.1) is 11.8 Å². The molecule has 0 spiro atoms. The fourth-order valence-electron chi connectivity index (χ4n) is 3.27. The first kappa shape index (κ1) is 20.4. The number of carbonyl (C=O) groups excluding carboxylic acids is 2. The van der Waals surface area contributed by atoms with E-state index in [0.717, 1.165) is 11.3 Å². The summed E-state index contributed by atoms with van der Waals surface area (Å²) in [4.78, 5) is 26.7. The summed E-state index contributed by atoms with van der Waals surface area (Å²) in [5.74, 6) is 0.198. The van der Waals surface area contributed by atoms with Gasteiger partial charge in [-0.1, -0.05) is 30.3 Å². The maximum absolute atomic E-state index is 13.0. The molecule has 1 aliphatic rings. The van der Waals surface area contributed by atoms with E-state index in [9.17, 15) is 14.0 Å². The van der Waals surface area contributed by atoms with Gasteiger partial charge in [-0.25, -0.2) is 4.39 Å². The van der Waals surface area contributed by atoms with Gasteiger partial charge in [0.05, 0.1) is 5.75 Å². The number of anilines is 1. The summed E-state index contributed by atoms with van der Waals surface area (Å²) in [6.45, 7) is 3.24. The van der Waals surface area contributed by atoms with Crippen LogP contribution in [0.1, 0.15) is 30.6 Å². The highest BCUT2D eigenvalue weighted by Crippen LogP contribution is 2.29. The molecule has 0 saturated carbocycles. The number of piperidine rings is 1. The van der Waals surface area contributed by atoms with Gasteiger partial charge in [0.15, 0.2) is 0 Å². The van der Waals surface area contributed by atoms with E-state index in [4.69, 9.17) is 0 Å². The molecule has 1 fully saturated rings. The summed E-state index contributed by atoms with van der Waals surface area (Å²) in [7, 11) is 0. The van der Waals surface area contributed by atoms with Crippen LogP contribution in [0.3, 0.4) is 0 Å². The minimum absolute atomic E-state index is 0.0256. The third kappa shape index (κ3) is 5.58. The Labute approximate surface area is 169 Å². The van der Waals surface area contributed by atoms with Crippen LogP contribution in [0.2, 0.25) is 0 Å². The number of halogens is 1. The highest BCUT2D eigenvalue weighted by atomic mass is 32.2. The molecule has 1 N–H and O–H groups in total. The Morgan fingerprint density at radius 2 is 1.75 bits per heavy atom. The number of hydrogen-bond acceptors (Lipinski definition) is 3. The molecule has 1 aliphatic heterocycles. The molecule has 1 saturated heterocycles. The molecular formula is C22H25FN2O2S. The lowest BCUT2D eigenvalue weighted by Gasteiger charge is -2.31. The molecular weight excluding hydrogens is 375 g/mol. The number of nitrogens with one attached hydrogen (secondary N) is 1. The van der Waals surface area contributed by atoms with Gasteiger partial charge in [-0.3, -0.25) is 9.59 Å². The van der Waals surface area contributed by atoms with Gasteiger partial charge < -0.3 is 10.2 Å². The van der Waals surface area contributed by atoms with Crippen LogP contribution in [-0.2, 0) is 9.59 Å². The van der Waals surface area contributed by atoms with Crippen molar-refractivity contribution in [2.24, 2.45) is 5.92 Å². The van der Waals surface area contributed by atoms with E-state index >= 15 is 0 Å². The highest BCUT2D eigenvalue weighted by molar-refractivity contribution is 8.00. The highest BCUT2D eigenvalue weighted by Gasteiger charge is 2.27. The van der Waals surface area contributed by atoms with Gasteiger partial charge in [0.2, 0.25) is 11.8 Å². The smallest absolute Gasteiger partial charge is 0.232 e. The van der Waals surface area contributed by atoms with Crippen LogP contribution in [0, 0.1) is 11.7 Å². The molecule has 28 heavy (non-hydrogen) atoms. The number of para-hydroxylation sites is 1. The van der Waals surface area contributed by atoms with Crippen LogP contribution in [-0.4, -0.2) is 35.6 Å². The van der Waals surface area contributed by atoms with Crippen LogP contribution >= 0.6 is 11.8 Å². The van der Waals surface area contributed by atoms with Crippen molar-refractivity contribution < 1.29 is 14.0 Å². The molecule has 0 aliphatic carbocycles. The van der Waals surface area contributed by atoms with E-state index in [1.807, 2.05) is 42.2 Å². The van der Waals surface area contributed by atoms with Crippen LogP contribution in [0.25, 0.3) is 0 Å². The van der Waals surface area contributed by atoms with Crippen molar-refractivity contribution in [2.75, 3.05) is 24.2 Å². The second-order valence-corrected chi connectivity index (χ2v) is 8.34. The van der Waals surface area contributed by atoms with E-state index in [2.05, 4.69) is 5.32 Å². The maximum atomic E-state index is 13.0. The quantitative estimate of drug-likeness (QED) is 0.777. The lowest BCUT2D eigenvalue weighted by Crippen LogP contribution is -2.42. The van der Waals surface area contributed by atoms with Crippen LogP contribution in [0.4, 0.5) is 10.1 Å². The second-order valence-electron chi connectivity index (χ2n) is 7.02. The van der Waals surface area contributed by atoms with E-state index in [1.54, 1.807) is 23.9 Å². The molecule has 2 aromatic rings. The SMILES string of the molecule is CC(SCC(=O)N1CCC(C(=O)Nc2ccccc2)CC1)c1ccc(F)cc1. The van der Waals surface area contributed by atoms with E-state index in [-0.39, 0.29) is 28.8 Å². The number of thioether (sulfide) groups is 1. The maximum Gasteiger partial charge on any atom is 0.232 e. The predicted molar refractivity (Wildman–Crippen MR) is 112 cm³/mol. The largest absolute Gasteiger partial charge is 0.342 e. The topological polar surface area (TPSA) is 49.4 Å². The molecule has 4 nitrogen and oxygen atoms in total. The zero-order valence-corrected chi connectivity index (χ0v) is 16.8. The van der Waals surface area contributed by atoms with Crippen molar-refractivity contribution in [3.8, 4) is 0 Å². The third-order valence-electron chi connectivity index (χ3n) is 5.06. The molecule has 2 amide bonds. The number of carbonyl (C=O) groups is 2. The lowest BCUT2D eigenvalue weighted by atomic mass is 9.96. The first-order chi connectivity index (χ1) is 13.5. The number of nitrogens with zero attached hydrogens (tertiary/aromatic N) is 1. The van der Waals surface area contributed by atoms with Crippen molar-refractivity contribution >= 4 is 29.3 Å². The van der Waals surface area contributed by atoms with Crippen molar-refractivity contribution in [2.45, 2.75) is 25.0 Å². The average Bonchev–Trinajstić information content (AvgIpc) is 2.73. The molecule has 0 bridgehead atoms. The summed E-state index contributed by atoms with van der Waals surface area (Å²) >= 11 is 1.55. The Balaban J connectivity index is 1.42. The molecule has 1 heterocycles. The van der Waals surface area contributed by atoms with Gasteiger partial charge in [0.1, 0.15) is 5.82 Å². The molecule has 1 unspecified atom stereocenters. The molecule has 3 rings (SSSR count). The minimum Gasteiger partial charge on any atom is -0.342 e. The Morgan fingerprint density at radius 1 is 1.11 bits per heavy atom. The lowest BCUT2D eigenvalue weighted by molar-refractivity contribution is -0.132. The van der Waals surface area contributed by atoms with Crippen LogP contribution < -0.4 is 5.32 Å². The van der Waals surface area contributed by atoms with Gasteiger partial charge in [-0.05, 0) is 49.6 Å². The average molecular weight is 401 g/mol. The molecule has 1 atom stereocenters. The number of amides is 2. The molecule has 0 aromatic heterocycles. The van der Waals surface area contributed by atoms with Crippen LogP contribution in [0.5, 0.6) is 0 Å². The monoisotopic (exact) mass is 400 g/mol. The molecule has 148 valence electrons. The number of hydrogen-bond donors (Lipinski definition) is 1. The minimum atomic E-state index is -0.254. The van der Waals surface area contributed by atoms with Crippen LogP contribution in [0.15, 0.2) is 54.6 Å².